The van der Waals surface area contributed by atoms with Crippen molar-refractivity contribution in [3.05, 3.63) is 29.3 Å². The zero-order valence-corrected chi connectivity index (χ0v) is 9.88. The zero-order valence-electron chi connectivity index (χ0n) is 9.88. The number of esters is 1. The van der Waals surface area contributed by atoms with E-state index in [2.05, 4.69) is 0 Å². The van der Waals surface area contributed by atoms with E-state index in [9.17, 15) is 9.90 Å². The minimum Gasteiger partial charge on any atom is -0.504 e. The number of phenolic OH excluding ortho intramolecular Hbond substituents is 2. The molecule has 0 aromatic heterocycles. The molecule has 2 N–H and O–H groups in total. The van der Waals surface area contributed by atoms with E-state index < -0.39 is 5.97 Å². The Morgan fingerprint density at radius 3 is 2.72 bits per heavy atom. The Balaban J connectivity index is 2.94. The number of benzene rings is 1. The van der Waals surface area contributed by atoms with Crippen LogP contribution in [-0.4, -0.2) is 22.8 Å². The molecule has 18 heavy (non-hydrogen) atoms. The van der Waals surface area contributed by atoms with Gasteiger partial charge in [0.2, 0.25) is 0 Å². The number of ether oxygens (including phenoxy) is 1. The van der Waals surface area contributed by atoms with Gasteiger partial charge in [-0.15, -0.1) is 0 Å². The van der Waals surface area contributed by atoms with Crippen LogP contribution in [0.5, 0.6) is 11.5 Å². The largest absolute Gasteiger partial charge is 0.504 e. The van der Waals surface area contributed by atoms with Gasteiger partial charge in [0.25, 0.3) is 0 Å². The molecule has 1 aromatic carbocycles. The van der Waals surface area contributed by atoms with Gasteiger partial charge in [-0.05, 0) is 30.2 Å². The molecule has 94 valence electrons. The molecular weight excluding hydrogens is 234 g/mol. The molecule has 0 fully saturated rings. The van der Waals surface area contributed by atoms with Crippen LogP contribution >= 0.6 is 0 Å². The van der Waals surface area contributed by atoms with Crippen LogP contribution in [0.1, 0.15) is 18.9 Å². The summed E-state index contributed by atoms with van der Waals surface area (Å²) < 4.78 is 4.83. The van der Waals surface area contributed by atoms with Gasteiger partial charge in [0, 0.05) is 0 Å². The van der Waals surface area contributed by atoms with E-state index in [-0.39, 0.29) is 23.7 Å². The fourth-order valence-electron chi connectivity index (χ4n) is 1.21. The summed E-state index contributed by atoms with van der Waals surface area (Å²) in [5, 5.41) is 27.3. The molecule has 0 saturated carbocycles. The summed E-state index contributed by atoms with van der Waals surface area (Å²) in [5.41, 5.74) is 0.267. The highest BCUT2D eigenvalue weighted by molar-refractivity contribution is 5.97. The van der Waals surface area contributed by atoms with Gasteiger partial charge in [-0.2, -0.15) is 5.26 Å². The first-order chi connectivity index (χ1) is 8.58. The molecule has 0 aliphatic heterocycles. The van der Waals surface area contributed by atoms with Gasteiger partial charge in [-0.25, -0.2) is 4.79 Å². The summed E-state index contributed by atoms with van der Waals surface area (Å²) in [6.07, 6.45) is 1.96. The van der Waals surface area contributed by atoms with Crippen molar-refractivity contribution in [3.8, 4) is 17.6 Å². The number of phenols is 2. The van der Waals surface area contributed by atoms with Gasteiger partial charge < -0.3 is 14.9 Å². The van der Waals surface area contributed by atoms with Crippen LogP contribution in [0.25, 0.3) is 6.08 Å². The van der Waals surface area contributed by atoms with E-state index in [1.807, 2.05) is 6.92 Å². The lowest BCUT2D eigenvalue weighted by Crippen LogP contribution is -2.07. The molecule has 0 radical (unpaired) electrons. The third kappa shape index (κ3) is 3.52. The summed E-state index contributed by atoms with van der Waals surface area (Å²) in [6, 6.07) is 5.73. The molecular formula is C13H13NO4. The molecule has 0 aliphatic rings. The number of nitriles is 1. The molecule has 5 nitrogen and oxygen atoms in total. The van der Waals surface area contributed by atoms with Crippen molar-refractivity contribution >= 4 is 12.0 Å². The molecule has 1 aromatic rings. The molecule has 0 atom stereocenters. The number of aromatic hydroxyl groups is 2. The molecule has 0 unspecified atom stereocenters. The normalized spacial score (nSPS) is 10.8. The van der Waals surface area contributed by atoms with Crippen molar-refractivity contribution in [2.45, 2.75) is 13.3 Å². The highest BCUT2D eigenvalue weighted by Crippen LogP contribution is 2.25. The van der Waals surface area contributed by atoms with Crippen molar-refractivity contribution in [1.82, 2.24) is 0 Å². The smallest absolute Gasteiger partial charge is 0.348 e. The quantitative estimate of drug-likeness (QED) is 0.367. The standard InChI is InChI=1S/C13H13NO4/c1-2-5-18-13(17)10(8-14)6-9-3-4-11(15)12(16)7-9/h3-4,6-7,15-16H,2,5H2,1H3/b10-6+. The molecule has 0 bridgehead atoms. The third-order valence-electron chi connectivity index (χ3n) is 2.09. The van der Waals surface area contributed by atoms with Gasteiger partial charge in [0.1, 0.15) is 11.6 Å². The molecule has 0 heterocycles. The van der Waals surface area contributed by atoms with Gasteiger partial charge >= 0.3 is 5.97 Å². The Morgan fingerprint density at radius 1 is 1.44 bits per heavy atom. The molecule has 0 aliphatic carbocycles. The van der Waals surface area contributed by atoms with Gasteiger partial charge in [0.05, 0.1) is 6.61 Å². The van der Waals surface area contributed by atoms with Gasteiger partial charge in [-0.1, -0.05) is 13.0 Å². The average molecular weight is 247 g/mol. The molecule has 5 heteroatoms. The van der Waals surface area contributed by atoms with Crippen LogP contribution in [-0.2, 0) is 9.53 Å². The fraction of sp³-hybridized carbons (Fsp3) is 0.231. The second-order valence-electron chi connectivity index (χ2n) is 3.55. The molecule has 1 rings (SSSR count). The van der Waals surface area contributed by atoms with Crippen molar-refractivity contribution in [1.29, 1.82) is 5.26 Å². The maximum atomic E-state index is 11.5. The van der Waals surface area contributed by atoms with E-state index >= 15 is 0 Å². The summed E-state index contributed by atoms with van der Waals surface area (Å²) in [6.45, 7) is 2.10. The van der Waals surface area contributed by atoms with Crippen molar-refractivity contribution < 1.29 is 19.7 Å². The van der Waals surface area contributed by atoms with Crippen LogP contribution in [0, 0.1) is 11.3 Å². The van der Waals surface area contributed by atoms with Crippen molar-refractivity contribution in [2.24, 2.45) is 0 Å². The zero-order chi connectivity index (χ0) is 13.5. The predicted octanol–water partition coefficient (Wildman–Crippen LogP) is 1.96. The Kier molecular flexibility index (Phi) is 4.76. The SMILES string of the molecule is CCCOC(=O)/C(C#N)=C/c1ccc(O)c(O)c1. The highest BCUT2D eigenvalue weighted by Gasteiger charge is 2.10. The summed E-state index contributed by atoms with van der Waals surface area (Å²) in [7, 11) is 0. The lowest BCUT2D eigenvalue weighted by Gasteiger charge is -2.02. The topological polar surface area (TPSA) is 90.6 Å². The van der Waals surface area contributed by atoms with E-state index in [1.165, 1.54) is 24.3 Å². The first-order valence-electron chi connectivity index (χ1n) is 5.39. The van der Waals surface area contributed by atoms with Crippen LogP contribution in [0.4, 0.5) is 0 Å². The minimum absolute atomic E-state index is 0.159. The summed E-state index contributed by atoms with van der Waals surface area (Å²) >= 11 is 0. The summed E-state index contributed by atoms with van der Waals surface area (Å²) in [4.78, 5) is 11.5. The van der Waals surface area contributed by atoms with Crippen LogP contribution in [0.2, 0.25) is 0 Å². The Bertz CT molecular complexity index is 514. The van der Waals surface area contributed by atoms with E-state index in [0.29, 0.717) is 12.0 Å². The minimum atomic E-state index is -0.702. The Hall–Kier alpha value is -2.48. The van der Waals surface area contributed by atoms with Crippen LogP contribution in [0.15, 0.2) is 23.8 Å². The number of carbonyl (C=O) groups excluding carboxylic acids is 1. The van der Waals surface area contributed by atoms with Crippen molar-refractivity contribution in [2.75, 3.05) is 6.61 Å². The Labute approximate surface area is 105 Å². The molecule has 0 spiro atoms. The lowest BCUT2D eigenvalue weighted by atomic mass is 10.1. The van der Waals surface area contributed by atoms with E-state index in [0.717, 1.165) is 0 Å². The highest BCUT2D eigenvalue weighted by atomic mass is 16.5. The second-order valence-corrected chi connectivity index (χ2v) is 3.55. The van der Waals surface area contributed by atoms with E-state index in [1.54, 1.807) is 6.07 Å². The fourth-order valence-corrected chi connectivity index (χ4v) is 1.21. The van der Waals surface area contributed by atoms with Crippen molar-refractivity contribution in [3.63, 3.8) is 0 Å². The van der Waals surface area contributed by atoms with Gasteiger partial charge in [-0.3, -0.25) is 0 Å². The monoisotopic (exact) mass is 247 g/mol. The second kappa shape index (κ2) is 6.30. The summed E-state index contributed by atoms with van der Waals surface area (Å²) in [5.74, 6) is -1.28. The average Bonchev–Trinajstić information content (AvgIpc) is 2.37. The molecule has 0 amide bonds. The number of hydrogen-bond acceptors (Lipinski definition) is 5. The maximum absolute atomic E-state index is 11.5. The maximum Gasteiger partial charge on any atom is 0.348 e. The Morgan fingerprint density at radius 2 is 2.17 bits per heavy atom. The first-order valence-corrected chi connectivity index (χ1v) is 5.39. The first kappa shape index (κ1) is 13.6. The number of hydrogen-bond donors (Lipinski definition) is 2. The molecule has 0 saturated heterocycles. The van der Waals surface area contributed by atoms with Gasteiger partial charge in [0.15, 0.2) is 11.5 Å². The number of nitrogens with zero attached hydrogens (tertiary/aromatic N) is 1. The lowest BCUT2D eigenvalue weighted by molar-refractivity contribution is -0.138. The van der Waals surface area contributed by atoms with Crippen LogP contribution in [0.3, 0.4) is 0 Å². The predicted molar refractivity (Wildman–Crippen MR) is 64.6 cm³/mol. The van der Waals surface area contributed by atoms with E-state index in [4.69, 9.17) is 15.1 Å². The van der Waals surface area contributed by atoms with Crippen LogP contribution < -0.4 is 0 Å². The third-order valence-corrected chi connectivity index (χ3v) is 2.09. The number of rotatable bonds is 4. The number of carbonyl (C=O) groups is 1.